The molecule has 13 heteroatoms. The fraction of sp³-hybridized carbons (Fsp3) is 0.118. The van der Waals surface area contributed by atoms with Gasteiger partial charge in [-0.3, -0.25) is 4.63 Å². The maximum atomic E-state index is 12.9. The second-order valence-corrected chi connectivity index (χ2v) is 12.2. The second kappa shape index (κ2) is 13.6. The second-order valence-electron chi connectivity index (χ2n) is 10.3. The van der Waals surface area contributed by atoms with Crippen molar-refractivity contribution in [2.24, 2.45) is 0 Å². The van der Waals surface area contributed by atoms with Gasteiger partial charge in [0.15, 0.2) is 0 Å². The molecule has 0 saturated carbocycles. The summed E-state index contributed by atoms with van der Waals surface area (Å²) in [7, 11) is -4.32. The first kappa shape index (κ1) is 31.0. The highest BCUT2D eigenvalue weighted by molar-refractivity contribution is 7.91. The lowest BCUT2D eigenvalue weighted by atomic mass is 10.1. The standard InChI is InChI=1S/C34H27N3O9S/c38-33(44-19-18-43-31-32(37(40)46-35-31)47(41,42)28-14-8-3-9-15-28)29-20-26-16-17-27(21-30(26)45-34(29)39)36(22-24-10-4-1-5-11-24)23-25-12-6-2-7-13-25/h1-17,20-21H,18-19,22-23H2. The minimum atomic E-state index is -4.32. The van der Waals surface area contributed by atoms with Crippen LogP contribution in [0.1, 0.15) is 21.5 Å². The van der Waals surface area contributed by atoms with E-state index in [0.717, 1.165) is 16.8 Å². The summed E-state index contributed by atoms with van der Waals surface area (Å²) in [5, 5.41) is 15.1. The molecule has 0 aliphatic heterocycles. The van der Waals surface area contributed by atoms with E-state index in [2.05, 4.69) is 14.7 Å². The molecule has 2 aromatic heterocycles. The van der Waals surface area contributed by atoms with Gasteiger partial charge in [-0.05, 0) is 46.4 Å². The van der Waals surface area contributed by atoms with E-state index in [1.165, 1.54) is 30.3 Å². The number of aromatic nitrogens is 2. The molecule has 0 N–H and O–H groups in total. The maximum absolute atomic E-state index is 12.9. The molecule has 6 rings (SSSR count). The van der Waals surface area contributed by atoms with E-state index >= 15 is 0 Å². The summed E-state index contributed by atoms with van der Waals surface area (Å²) >= 11 is 0. The van der Waals surface area contributed by atoms with Crippen molar-refractivity contribution in [3.63, 3.8) is 0 Å². The highest BCUT2D eigenvalue weighted by Crippen LogP contribution is 2.27. The molecule has 6 aromatic rings. The third-order valence-corrected chi connectivity index (χ3v) is 8.87. The molecule has 0 atom stereocenters. The molecule has 0 bridgehead atoms. The van der Waals surface area contributed by atoms with Crippen LogP contribution in [-0.4, -0.2) is 32.8 Å². The third kappa shape index (κ3) is 6.99. The van der Waals surface area contributed by atoms with E-state index in [0.29, 0.717) is 24.1 Å². The van der Waals surface area contributed by atoms with Crippen LogP contribution in [0.5, 0.6) is 5.88 Å². The van der Waals surface area contributed by atoms with Crippen LogP contribution in [-0.2, 0) is 27.7 Å². The molecule has 0 saturated heterocycles. The summed E-state index contributed by atoms with van der Waals surface area (Å²) < 4.78 is 46.2. The van der Waals surface area contributed by atoms with E-state index in [1.807, 2.05) is 66.7 Å². The van der Waals surface area contributed by atoms with Crippen LogP contribution in [0, 0.1) is 5.21 Å². The molecule has 0 aliphatic carbocycles. The SMILES string of the molecule is O=C(OCCOc1no[n+]([O-])c1S(=O)(=O)c1ccccc1)c1cc2ccc(N(Cc3ccccc3)Cc3ccccc3)cc2oc1=O. The van der Waals surface area contributed by atoms with Gasteiger partial charge in [0.2, 0.25) is 0 Å². The minimum Gasteiger partial charge on any atom is -0.458 e. The van der Waals surface area contributed by atoms with Crippen molar-refractivity contribution in [1.29, 1.82) is 0 Å². The maximum Gasteiger partial charge on any atom is 0.415 e. The van der Waals surface area contributed by atoms with Gasteiger partial charge in [-0.2, -0.15) is 0 Å². The van der Waals surface area contributed by atoms with E-state index in [9.17, 15) is 23.2 Å². The van der Waals surface area contributed by atoms with Crippen LogP contribution < -0.4 is 20.2 Å². The molecule has 0 aliphatic rings. The van der Waals surface area contributed by atoms with Crippen molar-refractivity contribution in [2.45, 2.75) is 23.0 Å². The Bertz CT molecular complexity index is 2130. The predicted molar refractivity (Wildman–Crippen MR) is 168 cm³/mol. The van der Waals surface area contributed by atoms with Gasteiger partial charge in [-0.25, -0.2) is 18.0 Å². The Hall–Kier alpha value is -5.95. The molecule has 4 aromatic carbocycles. The molecular weight excluding hydrogens is 626 g/mol. The van der Waals surface area contributed by atoms with Gasteiger partial charge in [0, 0.05) is 30.2 Å². The van der Waals surface area contributed by atoms with Crippen LogP contribution in [0.25, 0.3) is 11.0 Å². The number of sulfone groups is 1. The quantitative estimate of drug-likeness (QED) is 0.0781. The van der Waals surface area contributed by atoms with Gasteiger partial charge < -0.3 is 24.0 Å². The molecule has 0 fully saturated rings. The zero-order chi connectivity index (χ0) is 32.8. The monoisotopic (exact) mass is 653 g/mol. The molecule has 0 amide bonds. The number of hydrogen-bond acceptors (Lipinski definition) is 11. The Morgan fingerprint density at radius 1 is 0.830 bits per heavy atom. The molecule has 0 unspecified atom stereocenters. The number of esters is 1. The van der Waals surface area contributed by atoms with Gasteiger partial charge in [0.25, 0.3) is 9.84 Å². The smallest absolute Gasteiger partial charge is 0.415 e. The zero-order valence-corrected chi connectivity index (χ0v) is 25.5. The Morgan fingerprint density at radius 2 is 1.45 bits per heavy atom. The lowest BCUT2D eigenvalue weighted by molar-refractivity contribution is -0.832. The molecule has 0 spiro atoms. The van der Waals surface area contributed by atoms with E-state index in [4.69, 9.17) is 13.9 Å². The van der Waals surface area contributed by atoms with Crippen LogP contribution in [0.4, 0.5) is 5.69 Å². The highest BCUT2D eigenvalue weighted by Gasteiger charge is 2.35. The van der Waals surface area contributed by atoms with Gasteiger partial charge in [-0.15, -0.1) is 0 Å². The molecule has 47 heavy (non-hydrogen) atoms. The topological polar surface area (TPSA) is 156 Å². The number of rotatable bonds is 12. The predicted octanol–water partition coefficient (Wildman–Crippen LogP) is 4.69. The number of carbonyl (C=O) groups is 1. The lowest BCUT2D eigenvalue weighted by Crippen LogP contribution is -2.31. The summed E-state index contributed by atoms with van der Waals surface area (Å²) in [6.45, 7) is 0.428. The largest absolute Gasteiger partial charge is 0.458 e. The normalized spacial score (nSPS) is 11.3. The van der Waals surface area contributed by atoms with E-state index < -0.39 is 45.6 Å². The molecular formula is C34H27N3O9S. The first-order chi connectivity index (χ1) is 22.8. The Balaban J connectivity index is 1.14. The highest BCUT2D eigenvalue weighted by atomic mass is 32.2. The van der Waals surface area contributed by atoms with E-state index in [-0.39, 0.29) is 15.4 Å². The van der Waals surface area contributed by atoms with Gasteiger partial charge in [-0.1, -0.05) is 78.9 Å². The first-order valence-corrected chi connectivity index (χ1v) is 15.9. The minimum absolute atomic E-state index is 0.167. The summed E-state index contributed by atoms with van der Waals surface area (Å²) in [5.41, 5.74) is 2.11. The van der Waals surface area contributed by atoms with Gasteiger partial charge in [0.05, 0.1) is 10.1 Å². The molecule has 0 radical (unpaired) electrons. The summed E-state index contributed by atoms with van der Waals surface area (Å²) in [6.07, 6.45) is 0. The summed E-state index contributed by atoms with van der Waals surface area (Å²) in [4.78, 5) is 27.3. The van der Waals surface area contributed by atoms with Crippen molar-refractivity contribution in [2.75, 3.05) is 18.1 Å². The number of nitrogens with zero attached hydrogens (tertiary/aromatic N) is 3. The number of anilines is 1. The Morgan fingerprint density at radius 3 is 2.09 bits per heavy atom. The Kier molecular flexibility index (Phi) is 8.97. The fourth-order valence-corrected chi connectivity index (χ4v) is 6.17. The first-order valence-electron chi connectivity index (χ1n) is 14.4. The summed E-state index contributed by atoms with van der Waals surface area (Å²) in [6, 6.07) is 34.0. The lowest BCUT2D eigenvalue weighted by Gasteiger charge is -2.25. The summed E-state index contributed by atoms with van der Waals surface area (Å²) in [5.74, 6) is -1.58. The van der Waals surface area contributed by atoms with Crippen LogP contribution in [0.2, 0.25) is 0 Å². The molecule has 2 heterocycles. The van der Waals surface area contributed by atoms with Crippen molar-refractivity contribution < 1.29 is 36.6 Å². The zero-order valence-electron chi connectivity index (χ0n) is 24.7. The van der Waals surface area contributed by atoms with Gasteiger partial charge in [0.1, 0.15) is 24.4 Å². The van der Waals surface area contributed by atoms with Crippen LogP contribution >= 0.6 is 0 Å². The van der Waals surface area contributed by atoms with Crippen molar-refractivity contribution in [3.8, 4) is 5.88 Å². The number of hydrogen-bond donors (Lipinski definition) is 0. The fourth-order valence-electron chi connectivity index (χ4n) is 4.88. The average molecular weight is 654 g/mol. The number of ether oxygens (including phenoxy) is 2. The molecule has 238 valence electrons. The van der Waals surface area contributed by atoms with Crippen molar-refractivity contribution in [1.82, 2.24) is 5.16 Å². The average Bonchev–Trinajstić information content (AvgIpc) is 3.47. The van der Waals surface area contributed by atoms with Gasteiger partial charge >= 0.3 is 22.5 Å². The van der Waals surface area contributed by atoms with Crippen LogP contribution in [0.15, 0.2) is 139 Å². The van der Waals surface area contributed by atoms with Crippen molar-refractivity contribution >= 4 is 32.5 Å². The Labute approximate surface area is 268 Å². The molecule has 12 nitrogen and oxygen atoms in total. The van der Waals surface area contributed by atoms with E-state index in [1.54, 1.807) is 18.2 Å². The number of carbonyl (C=O) groups excluding carboxylic acids is 1. The van der Waals surface area contributed by atoms with Crippen LogP contribution in [0.3, 0.4) is 0 Å². The number of benzene rings is 4. The number of fused-ring (bicyclic) bond motifs is 1. The third-order valence-electron chi connectivity index (χ3n) is 7.15. The van der Waals surface area contributed by atoms with Crippen molar-refractivity contribution in [3.05, 3.63) is 148 Å².